The third kappa shape index (κ3) is 4.92. The Morgan fingerprint density at radius 1 is 1.05 bits per heavy atom. The van der Waals surface area contributed by atoms with Crippen LogP contribution in [-0.4, -0.2) is 37.6 Å². The molecule has 1 aliphatic heterocycles. The standard InChI is InChI=1S/C18H30N2/c1-18(2,17-10-5-3-6-11-17)16-19-12-9-15-20-13-7-4-8-14-20/h3,5-6,10-11,19H,4,7-9,12-16H2,1-2H3. The minimum Gasteiger partial charge on any atom is -0.316 e. The minimum atomic E-state index is 0.215. The molecule has 0 spiro atoms. The maximum Gasteiger partial charge on any atom is 0.00431 e. The van der Waals surface area contributed by atoms with Crippen LogP contribution < -0.4 is 5.32 Å². The summed E-state index contributed by atoms with van der Waals surface area (Å²) < 4.78 is 0. The van der Waals surface area contributed by atoms with Crippen LogP contribution in [0.3, 0.4) is 0 Å². The quantitative estimate of drug-likeness (QED) is 0.766. The van der Waals surface area contributed by atoms with Gasteiger partial charge in [0.1, 0.15) is 0 Å². The van der Waals surface area contributed by atoms with Gasteiger partial charge in [0.05, 0.1) is 0 Å². The minimum absolute atomic E-state index is 0.215. The number of benzene rings is 1. The third-order valence-corrected chi connectivity index (χ3v) is 4.40. The molecule has 1 heterocycles. The third-order valence-electron chi connectivity index (χ3n) is 4.40. The fourth-order valence-electron chi connectivity index (χ4n) is 3.00. The molecular formula is C18H30N2. The molecule has 0 atom stereocenters. The van der Waals surface area contributed by atoms with E-state index >= 15 is 0 Å². The highest BCUT2D eigenvalue weighted by molar-refractivity contribution is 5.23. The normalized spacial score (nSPS) is 17.3. The molecule has 1 aromatic rings. The highest BCUT2D eigenvalue weighted by Gasteiger charge is 2.19. The van der Waals surface area contributed by atoms with Gasteiger partial charge in [-0.1, -0.05) is 50.6 Å². The van der Waals surface area contributed by atoms with Crippen molar-refractivity contribution in [3.05, 3.63) is 35.9 Å². The fraction of sp³-hybridized carbons (Fsp3) is 0.667. The van der Waals surface area contributed by atoms with Crippen LogP contribution in [0.15, 0.2) is 30.3 Å². The number of nitrogens with one attached hydrogen (secondary N) is 1. The lowest BCUT2D eigenvalue weighted by Crippen LogP contribution is -2.36. The molecule has 0 aromatic heterocycles. The van der Waals surface area contributed by atoms with Gasteiger partial charge in [-0.3, -0.25) is 0 Å². The molecule has 2 nitrogen and oxygen atoms in total. The van der Waals surface area contributed by atoms with Crippen LogP contribution in [0.5, 0.6) is 0 Å². The summed E-state index contributed by atoms with van der Waals surface area (Å²) in [4.78, 5) is 2.62. The SMILES string of the molecule is CC(C)(CNCCCN1CCCCC1)c1ccccc1. The zero-order valence-corrected chi connectivity index (χ0v) is 13.2. The molecule has 0 bridgehead atoms. The second kappa shape index (κ2) is 7.80. The summed E-state index contributed by atoms with van der Waals surface area (Å²) in [6.45, 7) is 10.7. The zero-order valence-electron chi connectivity index (χ0n) is 13.2. The smallest absolute Gasteiger partial charge is 0.00431 e. The summed E-state index contributed by atoms with van der Waals surface area (Å²) in [6, 6.07) is 10.8. The maximum absolute atomic E-state index is 3.64. The topological polar surface area (TPSA) is 15.3 Å². The van der Waals surface area contributed by atoms with E-state index < -0.39 is 0 Å². The molecule has 1 aromatic carbocycles. The molecule has 0 aliphatic carbocycles. The maximum atomic E-state index is 3.64. The lowest BCUT2D eigenvalue weighted by atomic mass is 9.84. The van der Waals surface area contributed by atoms with Gasteiger partial charge in [-0.2, -0.15) is 0 Å². The molecule has 0 amide bonds. The van der Waals surface area contributed by atoms with Crippen LogP contribution in [0.1, 0.15) is 45.1 Å². The van der Waals surface area contributed by atoms with Crippen molar-refractivity contribution in [2.75, 3.05) is 32.7 Å². The van der Waals surface area contributed by atoms with Gasteiger partial charge < -0.3 is 10.2 Å². The number of piperidine rings is 1. The van der Waals surface area contributed by atoms with Gasteiger partial charge in [-0.05, 0) is 51.0 Å². The van der Waals surface area contributed by atoms with E-state index in [4.69, 9.17) is 0 Å². The van der Waals surface area contributed by atoms with Gasteiger partial charge in [0.15, 0.2) is 0 Å². The van der Waals surface area contributed by atoms with E-state index in [9.17, 15) is 0 Å². The van der Waals surface area contributed by atoms with E-state index in [1.54, 1.807) is 0 Å². The summed E-state index contributed by atoms with van der Waals surface area (Å²) in [7, 11) is 0. The Bertz CT molecular complexity index is 366. The number of hydrogen-bond donors (Lipinski definition) is 1. The molecule has 1 fully saturated rings. The van der Waals surface area contributed by atoms with E-state index in [0.29, 0.717) is 0 Å². The first-order valence-electron chi connectivity index (χ1n) is 8.17. The molecule has 0 radical (unpaired) electrons. The van der Waals surface area contributed by atoms with Gasteiger partial charge in [-0.25, -0.2) is 0 Å². The van der Waals surface area contributed by atoms with Crippen molar-refractivity contribution in [1.82, 2.24) is 10.2 Å². The van der Waals surface area contributed by atoms with E-state index in [1.807, 2.05) is 0 Å². The summed E-state index contributed by atoms with van der Waals surface area (Å²) in [5, 5.41) is 3.64. The van der Waals surface area contributed by atoms with Crippen LogP contribution in [0.2, 0.25) is 0 Å². The van der Waals surface area contributed by atoms with Crippen molar-refractivity contribution in [2.45, 2.75) is 44.9 Å². The molecule has 2 heteroatoms. The van der Waals surface area contributed by atoms with Gasteiger partial charge in [0, 0.05) is 12.0 Å². The van der Waals surface area contributed by atoms with E-state index in [-0.39, 0.29) is 5.41 Å². The van der Waals surface area contributed by atoms with Crippen molar-refractivity contribution in [1.29, 1.82) is 0 Å². The molecular weight excluding hydrogens is 244 g/mol. The first-order valence-corrected chi connectivity index (χ1v) is 8.17. The van der Waals surface area contributed by atoms with Crippen LogP contribution in [0.4, 0.5) is 0 Å². The summed E-state index contributed by atoms with van der Waals surface area (Å²) in [5.74, 6) is 0. The number of rotatable bonds is 7. The predicted molar refractivity (Wildman–Crippen MR) is 87.2 cm³/mol. The number of nitrogens with zero attached hydrogens (tertiary/aromatic N) is 1. The Morgan fingerprint density at radius 3 is 2.45 bits per heavy atom. The average molecular weight is 274 g/mol. The Morgan fingerprint density at radius 2 is 1.75 bits per heavy atom. The molecule has 20 heavy (non-hydrogen) atoms. The van der Waals surface area contributed by atoms with Crippen molar-refractivity contribution in [3.63, 3.8) is 0 Å². The van der Waals surface area contributed by atoms with Gasteiger partial charge in [-0.15, -0.1) is 0 Å². The summed E-state index contributed by atoms with van der Waals surface area (Å²) in [5.41, 5.74) is 1.63. The number of likely N-dealkylation sites (tertiary alicyclic amines) is 1. The Balaban J connectivity index is 1.62. The first-order chi connectivity index (χ1) is 9.68. The first kappa shape index (κ1) is 15.5. The van der Waals surface area contributed by atoms with Crippen molar-refractivity contribution in [3.8, 4) is 0 Å². The highest BCUT2D eigenvalue weighted by Crippen LogP contribution is 2.21. The molecule has 0 unspecified atom stereocenters. The predicted octanol–water partition coefficient (Wildman–Crippen LogP) is 3.43. The largest absolute Gasteiger partial charge is 0.316 e. The van der Waals surface area contributed by atoms with Crippen LogP contribution in [0.25, 0.3) is 0 Å². The molecule has 1 N–H and O–H groups in total. The lowest BCUT2D eigenvalue weighted by Gasteiger charge is -2.28. The van der Waals surface area contributed by atoms with Crippen LogP contribution in [0, 0.1) is 0 Å². The van der Waals surface area contributed by atoms with Gasteiger partial charge in [0.25, 0.3) is 0 Å². The van der Waals surface area contributed by atoms with Crippen molar-refractivity contribution in [2.24, 2.45) is 0 Å². The van der Waals surface area contributed by atoms with E-state index in [2.05, 4.69) is 54.4 Å². The van der Waals surface area contributed by atoms with Gasteiger partial charge >= 0.3 is 0 Å². The van der Waals surface area contributed by atoms with Crippen LogP contribution in [-0.2, 0) is 5.41 Å². The Labute approximate surface area is 124 Å². The molecule has 2 rings (SSSR count). The second-order valence-corrected chi connectivity index (χ2v) is 6.68. The lowest BCUT2D eigenvalue weighted by molar-refractivity contribution is 0.225. The average Bonchev–Trinajstić information content (AvgIpc) is 2.49. The molecule has 1 aliphatic rings. The van der Waals surface area contributed by atoms with E-state index in [1.165, 1.54) is 50.9 Å². The molecule has 0 saturated carbocycles. The Kier molecular flexibility index (Phi) is 6.06. The second-order valence-electron chi connectivity index (χ2n) is 6.68. The van der Waals surface area contributed by atoms with E-state index in [0.717, 1.165) is 13.1 Å². The Hall–Kier alpha value is -0.860. The summed E-state index contributed by atoms with van der Waals surface area (Å²) in [6.07, 6.45) is 5.49. The fourth-order valence-corrected chi connectivity index (χ4v) is 3.00. The number of hydrogen-bond acceptors (Lipinski definition) is 2. The van der Waals surface area contributed by atoms with Gasteiger partial charge in [0.2, 0.25) is 0 Å². The summed E-state index contributed by atoms with van der Waals surface area (Å²) >= 11 is 0. The van der Waals surface area contributed by atoms with Crippen molar-refractivity contribution < 1.29 is 0 Å². The highest BCUT2D eigenvalue weighted by atomic mass is 15.1. The van der Waals surface area contributed by atoms with Crippen LogP contribution >= 0.6 is 0 Å². The monoisotopic (exact) mass is 274 g/mol. The zero-order chi connectivity index (χ0) is 14.3. The molecule has 112 valence electrons. The van der Waals surface area contributed by atoms with Crippen molar-refractivity contribution >= 4 is 0 Å². The molecule has 1 saturated heterocycles.